The van der Waals surface area contributed by atoms with Gasteiger partial charge in [0.25, 0.3) is 0 Å². The average molecular weight is 248 g/mol. The van der Waals surface area contributed by atoms with Crippen LogP contribution in [0.15, 0.2) is 6.07 Å². The van der Waals surface area contributed by atoms with Crippen LogP contribution in [0.25, 0.3) is 0 Å². The highest BCUT2D eigenvalue weighted by Gasteiger charge is 2.36. The van der Waals surface area contributed by atoms with Gasteiger partial charge in [-0.3, -0.25) is 4.98 Å². The summed E-state index contributed by atoms with van der Waals surface area (Å²) in [6, 6.07) is 1.84. The van der Waals surface area contributed by atoms with E-state index in [-0.39, 0.29) is 5.54 Å². The van der Waals surface area contributed by atoms with Crippen molar-refractivity contribution < 1.29 is 9.90 Å². The van der Waals surface area contributed by atoms with Gasteiger partial charge in [-0.2, -0.15) is 0 Å². The average Bonchev–Trinajstić information content (AvgIpc) is 2.21. The number of nitrogens with one attached hydrogen (secondary N) is 1. The van der Waals surface area contributed by atoms with Gasteiger partial charge in [-0.15, -0.1) is 0 Å². The van der Waals surface area contributed by atoms with Crippen LogP contribution in [-0.4, -0.2) is 21.6 Å². The molecule has 0 radical (unpaired) electrons. The highest BCUT2D eigenvalue weighted by molar-refractivity contribution is 5.95. The van der Waals surface area contributed by atoms with Gasteiger partial charge in [0.1, 0.15) is 5.56 Å². The smallest absolute Gasteiger partial charge is 0.339 e. The molecule has 0 bridgehead atoms. The van der Waals surface area contributed by atoms with Gasteiger partial charge < -0.3 is 10.4 Å². The monoisotopic (exact) mass is 248 g/mol. The number of aromatic nitrogens is 1. The number of aromatic carboxylic acids is 1. The Bertz CT molecular complexity index is 473. The number of carboxylic acid groups (broad SMARTS) is 1. The number of hydrogen-bond donors (Lipinski definition) is 2. The van der Waals surface area contributed by atoms with E-state index in [9.17, 15) is 9.90 Å². The maximum absolute atomic E-state index is 11.4. The molecule has 1 aromatic heterocycles. The van der Waals surface area contributed by atoms with Crippen LogP contribution in [0.1, 0.15) is 54.4 Å². The highest BCUT2D eigenvalue weighted by atomic mass is 16.4. The van der Waals surface area contributed by atoms with Gasteiger partial charge in [0.2, 0.25) is 0 Å². The number of hydrogen-bond acceptors (Lipinski definition) is 3. The zero-order valence-electron chi connectivity index (χ0n) is 11.2. The molecule has 1 aliphatic rings. The van der Waals surface area contributed by atoms with Crippen molar-refractivity contribution in [1.82, 2.24) is 4.98 Å². The van der Waals surface area contributed by atoms with Gasteiger partial charge in [-0.1, -0.05) is 6.92 Å². The molecule has 18 heavy (non-hydrogen) atoms. The number of pyridine rings is 1. The SMILES string of the molecule is CCC1(Nc2cc(C)nc(C)c2C(=O)O)CCC1. The van der Waals surface area contributed by atoms with E-state index in [1.165, 1.54) is 6.42 Å². The zero-order chi connectivity index (χ0) is 13.3. The van der Waals surface area contributed by atoms with Gasteiger partial charge in [0.15, 0.2) is 0 Å². The van der Waals surface area contributed by atoms with Crippen molar-refractivity contribution in [2.75, 3.05) is 5.32 Å². The Morgan fingerprint density at radius 3 is 2.61 bits per heavy atom. The van der Waals surface area contributed by atoms with Crippen LogP contribution >= 0.6 is 0 Å². The van der Waals surface area contributed by atoms with E-state index < -0.39 is 5.97 Å². The van der Waals surface area contributed by atoms with E-state index in [4.69, 9.17) is 0 Å². The van der Waals surface area contributed by atoms with Crippen molar-refractivity contribution in [2.24, 2.45) is 0 Å². The lowest BCUT2D eigenvalue weighted by molar-refractivity contribution is 0.0696. The molecule has 0 saturated heterocycles. The molecule has 1 heterocycles. The predicted octanol–water partition coefficient (Wildman–Crippen LogP) is 3.14. The fourth-order valence-electron chi connectivity index (χ4n) is 2.65. The maximum atomic E-state index is 11.4. The molecule has 2 rings (SSSR count). The third-order valence-electron chi connectivity index (χ3n) is 3.93. The summed E-state index contributed by atoms with van der Waals surface area (Å²) >= 11 is 0. The van der Waals surface area contributed by atoms with Gasteiger partial charge in [0, 0.05) is 11.2 Å². The topological polar surface area (TPSA) is 62.2 Å². The quantitative estimate of drug-likeness (QED) is 0.859. The third-order valence-corrected chi connectivity index (χ3v) is 3.93. The number of rotatable bonds is 4. The Labute approximate surface area is 107 Å². The molecule has 1 aromatic rings. The van der Waals surface area contributed by atoms with Crippen molar-refractivity contribution in [3.05, 3.63) is 23.0 Å². The third kappa shape index (κ3) is 2.19. The molecule has 1 aliphatic carbocycles. The lowest BCUT2D eigenvalue weighted by atomic mass is 9.74. The summed E-state index contributed by atoms with van der Waals surface area (Å²) in [4.78, 5) is 15.6. The number of anilines is 1. The molecule has 0 aromatic carbocycles. The molecule has 0 amide bonds. The van der Waals surface area contributed by atoms with Gasteiger partial charge in [-0.05, 0) is 45.6 Å². The molecule has 0 spiro atoms. The van der Waals surface area contributed by atoms with Crippen LogP contribution in [0, 0.1) is 13.8 Å². The van der Waals surface area contributed by atoms with Gasteiger partial charge >= 0.3 is 5.97 Å². The van der Waals surface area contributed by atoms with Crippen LogP contribution in [0.4, 0.5) is 5.69 Å². The number of carbonyl (C=O) groups is 1. The second-order valence-electron chi connectivity index (χ2n) is 5.19. The first-order valence-electron chi connectivity index (χ1n) is 6.47. The lowest BCUT2D eigenvalue weighted by Crippen LogP contribution is -2.44. The van der Waals surface area contributed by atoms with E-state index in [0.717, 1.165) is 25.0 Å². The molecule has 98 valence electrons. The molecule has 0 atom stereocenters. The first-order chi connectivity index (χ1) is 8.47. The summed E-state index contributed by atoms with van der Waals surface area (Å²) in [6.45, 7) is 5.79. The summed E-state index contributed by atoms with van der Waals surface area (Å²) in [5.41, 5.74) is 2.54. The fourth-order valence-corrected chi connectivity index (χ4v) is 2.65. The maximum Gasteiger partial charge on any atom is 0.339 e. The molecule has 1 fully saturated rings. The number of carboxylic acids is 1. The number of aryl methyl sites for hydroxylation is 2. The van der Waals surface area contributed by atoms with Crippen LogP contribution in [0.3, 0.4) is 0 Å². The second kappa shape index (κ2) is 4.59. The summed E-state index contributed by atoms with van der Waals surface area (Å²) in [5, 5.41) is 12.8. The first kappa shape index (κ1) is 12.9. The zero-order valence-corrected chi connectivity index (χ0v) is 11.2. The molecule has 2 N–H and O–H groups in total. The molecule has 4 heteroatoms. The van der Waals surface area contributed by atoms with E-state index in [2.05, 4.69) is 17.2 Å². The normalized spacial score (nSPS) is 17.1. The Hall–Kier alpha value is -1.58. The van der Waals surface area contributed by atoms with Gasteiger partial charge in [-0.25, -0.2) is 4.79 Å². The minimum atomic E-state index is -0.909. The summed E-state index contributed by atoms with van der Waals surface area (Å²) in [5.74, 6) is -0.909. The highest BCUT2D eigenvalue weighted by Crippen LogP contribution is 2.39. The Morgan fingerprint density at radius 1 is 1.50 bits per heavy atom. The van der Waals surface area contributed by atoms with Crippen molar-refractivity contribution in [2.45, 2.75) is 52.0 Å². The fraction of sp³-hybridized carbons (Fsp3) is 0.571. The van der Waals surface area contributed by atoms with Crippen LogP contribution in [-0.2, 0) is 0 Å². The molecular formula is C14H20N2O2. The lowest BCUT2D eigenvalue weighted by Gasteiger charge is -2.43. The molecular weight excluding hydrogens is 228 g/mol. The largest absolute Gasteiger partial charge is 0.478 e. The Morgan fingerprint density at radius 2 is 2.17 bits per heavy atom. The van der Waals surface area contributed by atoms with Crippen molar-refractivity contribution >= 4 is 11.7 Å². The van der Waals surface area contributed by atoms with Crippen LogP contribution in [0.2, 0.25) is 0 Å². The van der Waals surface area contributed by atoms with Crippen molar-refractivity contribution in [3.63, 3.8) is 0 Å². The molecule has 1 saturated carbocycles. The van der Waals surface area contributed by atoms with Crippen LogP contribution in [0.5, 0.6) is 0 Å². The standard InChI is InChI=1S/C14H20N2O2/c1-4-14(6-5-7-14)16-11-8-9(2)15-10(3)12(11)13(17)18/h8H,4-7H2,1-3H3,(H,15,16)(H,17,18). The molecule has 0 aliphatic heterocycles. The van der Waals surface area contributed by atoms with E-state index in [1.807, 2.05) is 13.0 Å². The Kier molecular flexibility index (Phi) is 3.28. The first-order valence-corrected chi connectivity index (χ1v) is 6.47. The van der Waals surface area contributed by atoms with E-state index in [0.29, 0.717) is 16.9 Å². The molecule has 0 unspecified atom stereocenters. The van der Waals surface area contributed by atoms with E-state index in [1.54, 1.807) is 6.92 Å². The summed E-state index contributed by atoms with van der Waals surface area (Å²) in [6.07, 6.45) is 4.46. The van der Waals surface area contributed by atoms with Crippen molar-refractivity contribution in [3.8, 4) is 0 Å². The van der Waals surface area contributed by atoms with Crippen molar-refractivity contribution in [1.29, 1.82) is 0 Å². The summed E-state index contributed by atoms with van der Waals surface area (Å²) in [7, 11) is 0. The predicted molar refractivity (Wildman–Crippen MR) is 71.2 cm³/mol. The van der Waals surface area contributed by atoms with E-state index >= 15 is 0 Å². The minimum absolute atomic E-state index is 0.0877. The second-order valence-corrected chi connectivity index (χ2v) is 5.19. The van der Waals surface area contributed by atoms with Gasteiger partial charge in [0.05, 0.1) is 11.4 Å². The summed E-state index contributed by atoms with van der Waals surface area (Å²) < 4.78 is 0. The van der Waals surface area contributed by atoms with Crippen LogP contribution < -0.4 is 5.32 Å². The Balaban J connectivity index is 2.39. The number of nitrogens with zero attached hydrogens (tertiary/aromatic N) is 1. The molecule has 4 nitrogen and oxygen atoms in total. The minimum Gasteiger partial charge on any atom is -0.478 e.